The number of rotatable bonds is 5. The quantitative estimate of drug-likeness (QED) is 0.646. The van der Waals surface area contributed by atoms with Crippen molar-refractivity contribution < 1.29 is 4.74 Å². The second-order valence-corrected chi connectivity index (χ2v) is 7.17. The highest BCUT2D eigenvalue weighted by molar-refractivity contribution is 7.99. The lowest BCUT2D eigenvalue weighted by atomic mass is 9.89. The summed E-state index contributed by atoms with van der Waals surface area (Å²) in [4.78, 5) is 1.56. The van der Waals surface area contributed by atoms with Gasteiger partial charge in [0.25, 0.3) is 0 Å². The van der Waals surface area contributed by atoms with Crippen molar-refractivity contribution in [2.45, 2.75) is 50.5 Å². The minimum absolute atomic E-state index is 0.307. The zero-order valence-electron chi connectivity index (χ0n) is 12.2. The molecule has 4 heteroatoms. The summed E-state index contributed by atoms with van der Waals surface area (Å²) in [7, 11) is 0. The maximum atomic E-state index is 6.20. The molecule has 1 aromatic carbocycles. The highest BCUT2D eigenvalue weighted by Crippen LogP contribution is 2.33. The van der Waals surface area contributed by atoms with Crippen LogP contribution in [0.3, 0.4) is 0 Å². The minimum atomic E-state index is 0.307. The van der Waals surface area contributed by atoms with E-state index in [4.69, 9.17) is 22.7 Å². The fourth-order valence-corrected chi connectivity index (χ4v) is 3.77. The number of benzene rings is 1. The van der Waals surface area contributed by atoms with E-state index in [-0.39, 0.29) is 0 Å². The van der Waals surface area contributed by atoms with E-state index < -0.39 is 0 Å². The molecule has 0 unspecified atom stereocenters. The molecule has 0 aliphatic heterocycles. The summed E-state index contributed by atoms with van der Waals surface area (Å²) in [6.07, 6.45) is 5.06. The molecule has 2 N–H and O–H groups in total. The molecule has 1 aromatic rings. The highest BCUT2D eigenvalue weighted by Gasteiger charge is 2.21. The Bertz CT molecular complexity index is 468. The van der Waals surface area contributed by atoms with Gasteiger partial charge in [0.2, 0.25) is 0 Å². The van der Waals surface area contributed by atoms with Crippen LogP contribution in [0.25, 0.3) is 0 Å². The molecular formula is C16H23NOS2. The molecule has 0 aromatic heterocycles. The van der Waals surface area contributed by atoms with Gasteiger partial charge in [0.1, 0.15) is 10.7 Å². The predicted molar refractivity (Wildman–Crippen MR) is 90.8 cm³/mol. The first-order chi connectivity index (χ1) is 9.61. The first-order valence-electron chi connectivity index (χ1n) is 7.34. The second-order valence-electron chi connectivity index (χ2n) is 5.43. The van der Waals surface area contributed by atoms with Gasteiger partial charge in [-0.1, -0.05) is 32.1 Å². The van der Waals surface area contributed by atoms with Gasteiger partial charge in [-0.15, -0.1) is 11.8 Å². The Labute approximate surface area is 131 Å². The van der Waals surface area contributed by atoms with Gasteiger partial charge < -0.3 is 10.5 Å². The summed E-state index contributed by atoms with van der Waals surface area (Å²) in [5.74, 6) is 2.68. The smallest absolute Gasteiger partial charge is 0.131 e. The van der Waals surface area contributed by atoms with Crippen LogP contribution in [0.5, 0.6) is 5.75 Å². The lowest BCUT2D eigenvalue weighted by molar-refractivity contribution is 0.135. The number of thioether (sulfide) groups is 1. The van der Waals surface area contributed by atoms with E-state index in [2.05, 4.69) is 19.9 Å². The zero-order chi connectivity index (χ0) is 14.5. The topological polar surface area (TPSA) is 35.2 Å². The molecule has 1 aliphatic rings. The van der Waals surface area contributed by atoms with Gasteiger partial charge in [-0.25, -0.2) is 0 Å². The maximum Gasteiger partial charge on any atom is 0.131 e. The van der Waals surface area contributed by atoms with E-state index in [1.807, 2.05) is 12.1 Å². The summed E-state index contributed by atoms with van der Waals surface area (Å²) in [5.41, 5.74) is 6.82. The lowest BCUT2D eigenvalue weighted by Crippen LogP contribution is -2.24. The van der Waals surface area contributed by atoms with Crippen LogP contribution in [-0.2, 0) is 0 Å². The SMILES string of the molecule is CCSc1cccc(OC2CCC(C)CC2)c1C(N)=S. The van der Waals surface area contributed by atoms with Gasteiger partial charge in [-0.05, 0) is 49.5 Å². The molecule has 110 valence electrons. The molecule has 1 aliphatic carbocycles. The maximum absolute atomic E-state index is 6.20. The van der Waals surface area contributed by atoms with E-state index in [9.17, 15) is 0 Å². The van der Waals surface area contributed by atoms with E-state index in [1.54, 1.807) is 11.8 Å². The van der Waals surface area contributed by atoms with Crippen molar-refractivity contribution in [3.8, 4) is 5.75 Å². The van der Waals surface area contributed by atoms with Crippen LogP contribution in [0.15, 0.2) is 23.1 Å². The first kappa shape index (κ1) is 15.6. The van der Waals surface area contributed by atoms with E-state index in [0.29, 0.717) is 11.1 Å². The van der Waals surface area contributed by atoms with Crippen molar-refractivity contribution in [2.24, 2.45) is 11.7 Å². The summed E-state index contributed by atoms with van der Waals surface area (Å²) in [6, 6.07) is 6.09. The van der Waals surface area contributed by atoms with Gasteiger partial charge in [0.05, 0.1) is 11.7 Å². The first-order valence-corrected chi connectivity index (χ1v) is 8.73. The Morgan fingerprint density at radius 2 is 2.05 bits per heavy atom. The summed E-state index contributed by atoms with van der Waals surface area (Å²) in [6.45, 7) is 4.44. The van der Waals surface area contributed by atoms with Gasteiger partial charge >= 0.3 is 0 Å². The lowest BCUT2D eigenvalue weighted by Gasteiger charge is -2.28. The third-order valence-electron chi connectivity index (χ3n) is 3.79. The Kier molecular flexibility index (Phi) is 5.73. The molecule has 0 spiro atoms. The van der Waals surface area contributed by atoms with E-state index in [1.165, 1.54) is 12.8 Å². The summed E-state index contributed by atoms with van der Waals surface area (Å²) < 4.78 is 6.20. The van der Waals surface area contributed by atoms with Crippen LogP contribution in [0.1, 0.15) is 45.1 Å². The Morgan fingerprint density at radius 1 is 1.35 bits per heavy atom. The highest BCUT2D eigenvalue weighted by atomic mass is 32.2. The molecule has 0 saturated heterocycles. The molecule has 0 heterocycles. The molecule has 1 fully saturated rings. The fraction of sp³-hybridized carbons (Fsp3) is 0.562. The van der Waals surface area contributed by atoms with Crippen molar-refractivity contribution in [3.63, 3.8) is 0 Å². The predicted octanol–water partition coefficient (Wildman–Crippen LogP) is 4.39. The molecule has 0 amide bonds. The minimum Gasteiger partial charge on any atom is -0.490 e. The third-order valence-corrected chi connectivity index (χ3v) is 4.93. The molecular weight excluding hydrogens is 286 g/mol. The molecule has 2 nitrogen and oxygen atoms in total. The molecule has 2 rings (SSSR count). The fourth-order valence-electron chi connectivity index (χ4n) is 2.65. The van der Waals surface area contributed by atoms with Crippen molar-refractivity contribution in [3.05, 3.63) is 23.8 Å². The standard InChI is InChI=1S/C16H23NOS2/c1-3-20-14-6-4-5-13(15(14)16(17)19)18-12-9-7-11(2)8-10-12/h4-6,11-12H,3,7-10H2,1-2H3,(H2,17,19). The van der Waals surface area contributed by atoms with Crippen LogP contribution in [0.2, 0.25) is 0 Å². The van der Waals surface area contributed by atoms with Crippen molar-refractivity contribution in [1.29, 1.82) is 0 Å². The van der Waals surface area contributed by atoms with Gasteiger partial charge in [0, 0.05) is 4.90 Å². The number of ether oxygens (including phenoxy) is 1. The van der Waals surface area contributed by atoms with Crippen molar-refractivity contribution >= 4 is 29.0 Å². The number of thiocarbonyl (C=S) groups is 1. The Hall–Kier alpha value is -0.740. The molecule has 0 radical (unpaired) electrons. The average Bonchev–Trinajstić information content (AvgIpc) is 2.41. The zero-order valence-corrected chi connectivity index (χ0v) is 13.9. The van der Waals surface area contributed by atoms with Crippen molar-refractivity contribution in [2.75, 3.05) is 5.75 Å². The summed E-state index contributed by atoms with van der Waals surface area (Å²) in [5, 5.41) is 0. The number of nitrogens with two attached hydrogens (primary N) is 1. The Morgan fingerprint density at radius 3 is 2.65 bits per heavy atom. The van der Waals surface area contributed by atoms with E-state index >= 15 is 0 Å². The Balaban J connectivity index is 2.18. The number of hydrogen-bond acceptors (Lipinski definition) is 3. The average molecular weight is 309 g/mol. The van der Waals surface area contributed by atoms with Crippen LogP contribution >= 0.6 is 24.0 Å². The molecule has 0 atom stereocenters. The van der Waals surface area contributed by atoms with Crippen LogP contribution in [0.4, 0.5) is 0 Å². The molecule has 0 bridgehead atoms. The third kappa shape index (κ3) is 3.89. The van der Waals surface area contributed by atoms with Gasteiger partial charge in [0.15, 0.2) is 0 Å². The molecule has 1 saturated carbocycles. The van der Waals surface area contributed by atoms with Crippen LogP contribution < -0.4 is 10.5 Å². The largest absolute Gasteiger partial charge is 0.490 e. The van der Waals surface area contributed by atoms with Crippen molar-refractivity contribution in [1.82, 2.24) is 0 Å². The van der Waals surface area contributed by atoms with E-state index in [0.717, 1.165) is 40.7 Å². The molecule has 20 heavy (non-hydrogen) atoms. The van der Waals surface area contributed by atoms with Gasteiger partial charge in [-0.2, -0.15) is 0 Å². The van der Waals surface area contributed by atoms with Crippen LogP contribution in [0, 0.1) is 5.92 Å². The number of hydrogen-bond donors (Lipinski definition) is 1. The van der Waals surface area contributed by atoms with Gasteiger partial charge in [-0.3, -0.25) is 0 Å². The van der Waals surface area contributed by atoms with Crippen LogP contribution in [-0.4, -0.2) is 16.8 Å². The monoisotopic (exact) mass is 309 g/mol. The second kappa shape index (κ2) is 7.32. The summed E-state index contributed by atoms with van der Waals surface area (Å²) >= 11 is 6.98. The normalized spacial score (nSPS) is 22.5.